The molecule has 4 aliphatic rings. The molecular formula is C25H23N2O+. The summed E-state index contributed by atoms with van der Waals surface area (Å²) in [6.45, 7) is 4.57. The van der Waals surface area contributed by atoms with Crippen LogP contribution in [0.2, 0.25) is 0 Å². The molecule has 0 saturated carbocycles. The van der Waals surface area contributed by atoms with Gasteiger partial charge in [0.1, 0.15) is 24.4 Å². The lowest BCUT2D eigenvalue weighted by Crippen LogP contribution is -2.40. The first-order valence-electron chi connectivity index (χ1n) is 10.3. The fourth-order valence-corrected chi connectivity index (χ4v) is 4.33. The van der Waals surface area contributed by atoms with Crippen LogP contribution >= 0.6 is 0 Å². The Morgan fingerprint density at radius 3 is 2.39 bits per heavy atom. The highest BCUT2D eigenvalue weighted by molar-refractivity contribution is 6.02. The predicted molar refractivity (Wildman–Crippen MR) is 115 cm³/mol. The molecule has 28 heavy (non-hydrogen) atoms. The van der Waals surface area contributed by atoms with Crippen molar-refractivity contribution in [3.63, 3.8) is 0 Å². The molecular weight excluding hydrogens is 344 g/mol. The molecule has 0 N–H and O–H groups in total. The second kappa shape index (κ2) is 6.23. The number of benzene rings is 3. The highest BCUT2D eigenvalue weighted by Crippen LogP contribution is 2.40. The van der Waals surface area contributed by atoms with E-state index in [0.717, 1.165) is 37.5 Å². The summed E-state index contributed by atoms with van der Waals surface area (Å²) in [4.78, 5) is 2.41. The van der Waals surface area contributed by atoms with Gasteiger partial charge in [0.15, 0.2) is 0 Å². The van der Waals surface area contributed by atoms with Crippen LogP contribution in [0.5, 0.6) is 0 Å². The van der Waals surface area contributed by atoms with Crippen LogP contribution in [0, 0.1) is 0 Å². The number of nitrogens with zero attached hydrogens (tertiary/aromatic N) is 2. The largest absolute Gasteiger partial charge is 0.456 e. The van der Waals surface area contributed by atoms with Crippen molar-refractivity contribution in [2.24, 2.45) is 0 Å². The molecule has 2 aromatic rings. The van der Waals surface area contributed by atoms with E-state index in [-0.39, 0.29) is 0 Å². The lowest BCUT2D eigenvalue weighted by Gasteiger charge is -2.33. The quantitative estimate of drug-likeness (QED) is 0.381. The summed E-state index contributed by atoms with van der Waals surface area (Å²) in [5, 5.41) is 2.44. The topological polar surface area (TPSA) is 19.4 Å². The first-order valence-corrected chi connectivity index (χ1v) is 10.3. The summed E-state index contributed by atoms with van der Waals surface area (Å²) in [6.07, 6.45) is 2.56. The Bertz CT molecular complexity index is 1210. The molecule has 3 heteroatoms. The smallest absolute Gasteiger partial charge is 0.203 e. The molecule has 2 fully saturated rings. The average molecular weight is 367 g/mol. The van der Waals surface area contributed by atoms with Crippen LogP contribution in [0.4, 0.5) is 5.69 Å². The number of rotatable bonds is 2. The van der Waals surface area contributed by atoms with E-state index in [1.54, 1.807) is 0 Å². The molecule has 0 spiro atoms. The molecule has 0 atom stereocenters. The van der Waals surface area contributed by atoms with Crippen molar-refractivity contribution >= 4 is 16.7 Å². The molecule has 0 unspecified atom stereocenters. The maximum Gasteiger partial charge on any atom is 0.203 e. The van der Waals surface area contributed by atoms with E-state index in [2.05, 4.69) is 76.2 Å². The van der Waals surface area contributed by atoms with Crippen molar-refractivity contribution in [2.45, 2.75) is 12.8 Å². The van der Waals surface area contributed by atoms with Crippen molar-refractivity contribution in [3.05, 3.63) is 72.1 Å². The second-order valence-corrected chi connectivity index (χ2v) is 7.89. The third-order valence-electron chi connectivity index (χ3n) is 6.19. The van der Waals surface area contributed by atoms with Crippen LogP contribution in [0.3, 0.4) is 0 Å². The maximum absolute atomic E-state index is 6.47. The lowest BCUT2D eigenvalue weighted by molar-refractivity contribution is 0.432. The Hall–Kier alpha value is -3.07. The second-order valence-electron chi connectivity index (χ2n) is 7.89. The van der Waals surface area contributed by atoms with Crippen LogP contribution in [0.15, 0.2) is 71.1 Å². The Labute approximate surface area is 164 Å². The number of anilines is 1. The monoisotopic (exact) mass is 367 g/mol. The van der Waals surface area contributed by atoms with Gasteiger partial charge in [0.2, 0.25) is 5.36 Å². The summed E-state index contributed by atoms with van der Waals surface area (Å²) in [5.41, 5.74) is 5.92. The minimum atomic E-state index is 0.969. The van der Waals surface area contributed by atoms with Gasteiger partial charge in [-0.25, -0.2) is 4.58 Å². The first-order chi connectivity index (χ1) is 13.9. The van der Waals surface area contributed by atoms with E-state index in [9.17, 15) is 0 Å². The zero-order chi connectivity index (χ0) is 18.5. The Morgan fingerprint density at radius 2 is 1.68 bits per heavy atom. The SMILES string of the molecule is c1ccc(-c2c3ccc(=[N+]4CCC4)cc-3oc3cc(N4CCC4)ccc23)cc1. The van der Waals surface area contributed by atoms with Gasteiger partial charge in [-0.15, -0.1) is 0 Å². The lowest BCUT2D eigenvalue weighted by atomic mass is 9.93. The van der Waals surface area contributed by atoms with Crippen LogP contribution in [0.1, 0.15) is 12.8 Å². The molecule has 0 bridgehead atoms. The number of fused-ring (bicyclic) bond motifs is 2. The summed E-state index contributed by atoms with van der Waals surface area (Å²) in [6, 6.07) is 24.1. The van der Waals surface area contributed by atoms with Gasteiger partial charge >= 0.3 is 0 Å². The normalized spacial score (nSPS) is 16.3. The summed E-state index contributed by atoms with van der Waals surface area (Å²) in [7, 11) is 0. The zero-order valence-electron chi connectivity index (χ0n) is 15.9. The molecule has 2 saturated heterocycles. The van der Waals surface area contributed by atoms with Gasteiger partial charge in [-0.05, 0) is 30.2 Å². The van der Waals surface area contributed by atoms with Gasteiger partial charge in [-0.2, -0.15) is 0 Å². The Morgan fingerprint density at radius 1 is 0.821 bits per heavy atom. The highest BCUT2D eigenvalue weighted by Gasteiger charge is 2.22. The summed E-state index contributed by atoms with van der Waals surface area (Å²) < 4.78 is 8.89. The highest BCUT2D eigenvalue weighted by atomic mass is 16.3. The van der Waals surface area contributed by atoms with Crippen molar-refractivity contribution in [2.75, 3.05) is 31.1 Å². The molecule has 6 rings (SSSR count). The zero-order valence-corrected chi connectivity index (χ0v) is 15.9. The fraction of sp³-hybridized carbons (Fsp3) is 0.240. The van der Waals surface area contributed by atoms with Crippen LogP contribution in [-0.2, 0) is 0 Å². The predicted octanol–water partition coefficient (Wildman–Crippen LogP) is 4.59. The number of hydrogen-bond donors (Lipinski definition) is 0. The first kappa shape index (κ1) is 15.9. The van der Waals surface area contributed by atoms with E-state index < -0.39 is 0 Å². The van der Waals surface area contributed by atoms with Crippen LogP contribution < -0.4 is 14.8 Å². The van der Waals surface area contributed by atoms with Gasteiger partial charge < -0.3 is 9.32 Å². The summed E-state index contributed by atoms with van der Waals surface area (Å²) in [5.74, 6) is 0.969. The Balaban J connectivity index is 1.66. The van der Waals surface area contributed by atoms with Crippen molar-refractivity contribution in [1.82, 2.24) is 4.58 Å². The van der Waals surface area contributed by atoms with E-state index >= 15 is 0 Å². The molecule has 3 aliphatic heterocycles. The molecule has 3 heterocycles. The maximum atomic E-state index is 6.47. The minimum absolute atomic E-state index is 0.969. The van der Waals surface area contributed by atoms with Crippen LogP contribution in [-0.4, -0.2) is 26.2 Å². The molecule has 0 radical (unpaired) electrons. The molecule has 1 aliphatic carbocycles. The third kappa shape index (κ3) is 2.46. The fourth-order valence-electron chi connectivity index (χ4n) is 4.33. The van der Waals surface area contributed by atoms with E-state index in [1.807, 2.05) is 0 Å². The average Bonchev–Trinajstić information content (AvgIpc) is 2.64. The van der Waals surface area contributed by atoms with Gasteiger partial charge in [0.25, 0.3) is 0 Å². The standard InChI is InChI=1S/C25H23N2O/c1-2-6-18(7-3-1)25-21-10-8-19(26-12-4-13-26)16-23(21)28-24-17-20(9-11-22(24)25)27-14-5-15-27/h1-3,6-11,16-17H,4-5,12-15H2/q+1. The van der Waals surface area contributed by atoms with Crippen molar-refractivity contribution < 1.29 is 4.42 Å². The van der Waals surface area contributed by atoms with Gasteiger partial charge in [-0.1, -0.05) is 30.3 Å². The summed E-state index contributed by atoms with van der Waals surface area (Å²) >= 11 is 0. The Kier molecular flexibility index (Phi) is 3.55. The van der Waals surface area contributed by atoms with Gasteiger partial charge in [0, 0.05) is 47.4 Å². The number of hydrogen-bond acceptors (Lipinski definition) is 2. The van der Waals surface area contributed by atoms with Gasteiger partial charge in [0.05, 0.1) is 12.5 Å². The van der Waals surface area contributed by atoms with E-state index in [1.165, 1.54) is 46.0 Å². The van der Waals surface area contributed by atoms with Crippen molar-refractivity contribution in [3.8, 4) is 22.5 Å². The molecule has 138 valence electrons. The molecule has 3 nitrogen and oxygen atoms in total. The van der Waals surface area contributed by atoms with E-state index in [0.29, 0.717) is 0 Å². The van der Waals surface area contributed by atoms with Crippen LogP contribution in [0.25, 0.3) is 33.4 Å². The van der Waals surface area contributed by atoms with E-state index in [4.69, 9.17) is 4.42 Å². The molecule has 2 aromatic carbocycles. The van der Waals surface area contributed by atoms with Crippen molar-refractivity contribution in [1.29, 1.82) is 0 Å². The third-order valence-corrected chi connectivity index (χ3v) is 6.19. The molecule has 0 amide bonds. The minimum Gasteiger partial charge on any atom is -0.456 e. The molecule has 0 aromatic heterocycles. The van der Waals surface area contributed by atoms with Gasteiger partial charge in [-0.3, -0.25) is 0 Å².